The topological polar surface area (TPSA) is 29.3 Å². The van der Waals surface area contributed by atoms with Crippen LogP contribution in [0.3, 0.4) is 0 Å². The highest BCUT2D eigenvalue weighted by Crippen LogP contribution is 2.56. The van der Waals surface area contributed by atoms with Gasteiger partial charge in [-0.2, -0.15) is 0 Å². The van der Waals surface area contributed by atoms with Crippen LogP contribution < -0.4 is 5.73 Å². The predicted molar refractivity (Wildman–Crippen MR) is 69.4 cm³/mol. The molecule has 0 spiro atoms. The molecule has 2 aliphatic rings. The summed E-state index contributed by atoms with van der Waals surface area (Å²) in [5.74, 6) is 0. The van der Waals surface area contributed by atoms with E-state index in [2.05, 4.69) is 25.7 Å². The molecule has 2 unspecified atom stereocenters. The van der Waals surface area contributed by atoms with Gasteiger partial charge >= 0.3 is 0 Å². The van der Waals surface area contributed by atoms with Crippen molar-refractivity contribution < 1.29 is 0 Å². The van der Waals surface area contributed by atoms with E-state index in [1.54, 1.807) is 0 Å². The van der Waals surface area contributed by atoms with Crippen LogP contribution in [0, 0.1) is 5.41 Å². The molecule has 0 amide bonds. The van der Waals surface area contributed by atoms with E-state index >= 15 is 0 Å². The lowest BCUT2D eigenvalue weighted by molar-refractivity contribution is 0.0176. The molecule has 1 saturated heterocycles. The highest BCUT2D eigenvalue weighted by Gasteiger charge is 2.55. The van der Waals surface area contributed by atoms with Crippen molar-refractivity contribution in [1.29, 1.82) is 0 Å². The highest BCUT2D eigenvalue weighted by atomic mass is 15.2. The van der Waals surface area contributed by atoms with E-state index in [4.69, 9.17) is 5.73 Å². The number of likely N-dealkylation sites (tertiary alicyclic amines) is 1. The molecule has 0 radical (unpaired) electrons. The maximum atomic E-state index is 6.14. The summed E-state index contributed by atoms with van der Waals surface area (Å²) in [4.78, 5) is 2.73. The summed E-state index contributed by atoms with van der Waals surface area (Å²) >= 11 is 0. The van der Waals surface area contributed by atoms with Gasteiger partial charge in [0.25, 0.3) is 0 Å². The number of hydrogen-bond acceptors (Lipinski definition) is 2. The van der Waals surface area contributed by atoms with Crippen molar-refractivity contribution in [3.8, 4) is 0 Å². The van der Waals surface area contributed by atoms with Gasteiger partial charge in [-0.3, -0.25) is 4.90 Å². The summed E-state index contributed by atoms with van der Waals surface area (Å²) in [5.41, 5.74) is 6.85. The summed E-state index contributed by atoms with van der Waals surface area (Å²) in [5, 5.41) is 0. The summed E-state index contributed by atoms with van der Waals surface area (Å²) in [6.45, 7) is 9.29. The molecule has 1 aliphatic carbocycles. The van der Waals surface area contributed by atoms with Crippen molar-refractivity contribution in [3.63, 3.8) is 0 Å². The first-order valence-corrected chi connectivity index (χ1v) is 7.00. The Hall–Kier alpha value is -0.0800. The Kier molecular flexibility index (Phi) is 3.33. The molecule has 0 aromatic heterocycles. The summed E-state index contributed by atoms with van der Waals surface area (Å²) in [6, 6.07) is 0.716. The Morgan fingerprint density at radius 1 is 1.31 bits per heavy atom. The van der Waals surface area contributed by atoms with Crippen LogP contribution in [-0.2, 0) is 0 Å². The molecule has 1 aliphatic heterocycles. The van der Waals surface area contributed by atoms with Gasteiger partial charge in [-0.25, -0.2) is 0 Å². The molecule has 94 valence electrons. The Morgan fingerprint density at radius 3 is 2.56 bits per heavy atom. The van der Waals surface area contributed by atoms with Gasteiger partial charge in [-0.05, 0) is 51.5 Å². The molecule has 2 rings (SSSR count). The summed E-state index contributed by atoms with van der Waals surface area (Å²) < 4.78 is 0. The summed E-state index contributed by atoms with van der Waals surface area (Å²) in [6.07, 6.45) is 8.24. The molecule has 2 nitrogen and oxygen atoms in total. The molecule has 2 atom stereocenters. The van der Waals surface area contributed by atoms with Gasteiger partial charge in [-0.1, -0.05) is 19.8 Å². The van der Waals surface area contributed by atoms with E-state index in [0.29, 0.717) is 11.5 Å². The zero-order chi connectivity index (χ0) is 11.8. The Balaban J connectivity index is 2.18. The van der Waals surface area contributed by atoms with Crippen molar-refractivity contribution in [2.45, 2.75) is 70.9 Å². The van der Waals surface area contributed by atoms with Gasteiger partial charge in [0.05, 0.1) is 0 Å². The molecule has 2 N–H and O–H groups in total. The molecule has 1 heterocycles. The zero-order valence-electron chi connectivity index (χ0n) is 11.3. The monoisotopic (exact) mass is 224 g/mol. The minimum atomic E-state index is 0.233. The first kappa shape index (κ1) is 12.4. The quantitative estimate of drug-likeness (QED) is 0.798. The molecule has 2 heteroatoms. The van der Waals surface area contributed by atoms with Gasteiger partial charge in [0.1, 0.15) is 0 Å². The van der Waals surface area contributed by atoms with Crippen molar-refractivity contribution in [2.24, 2.45) is 11.1 Å². The molecular formula is C14H28N2. The molecule has 0 aromatic carbocycles. The van der Waals surface area contributed by atoms with Gasteiger partial charge in [0, 0.05) is 18.1 Å². The fourth-order valence-electron chi connectivity index (χ4n) is 3.44. The van der Waals surface area contributed by atoms with Crippen LogP contribution in [0.1, 0.15) is 59.3 Å². The van der Waals surface area contributed by atoms with Gasteiger partial charge in [0.15, 0.2) is 0 Å². The Labute approximate surface area is 101 Å². The molecule has 1 saturated carbocycles. The average Bonchev–Trinajstić information content (AvgIpc) is 3.03. The number of nitrogens with two attached hydrogens (primary N) is 1. The normalized spacial score (nSPS) is 34.1. The van der Waals surface area contributed by atoms with Crippen molar-refractivity contribution in [2.75, 3.05) is 13.1 Å². The zero-order valence-corrected chi connectivity index (χ0v) is 11.3. The largest absolute Gasteiger partial charge is 0.329 e. The van der Waals surface area contributed by atoms with Crippen LogP contribution in [-0.4, -0.2) is 29.6 Å². The van der Waals surface area contributed by atoms with Gasteiger partial charge in [-0.15, -0.1) is 0 Å². The minimum Gasteiger partial charge on any atom is -0.329 e. The van der Waals surface area contributed by atoms with Gasteiger partial charge < -0.3 is 5.73 Å². The molecule has 2 fully saturated rings. The van der Waals surface area contributed by atoms with Crippen LogP contribution >= 0.6 is 0 Å². The highest BCUT2D eigenvalue weighted by molar-refractivity contribution is 5.10. The maximum absolute atomic E-state index is 6.14. The number of rotatable bonds is 3. The Morgan fingerprint density at radius 2 is 2.00 bits per heavy atom. The second-order valence-electron chi connectivity index (χ2n) is 6.43. The third-order valence-corrected chi connectivity index (χ3v) is 5.38. The van der Waals surface area contributed by atoms with Crippen molar-refractivity contribution >= 4 is 0 Å². The third kappa shape index (κ3) is 1.91. The lowest BCUT2D eigenvalue weighted by Gasteiger charge is -2.48. The second kappa shape index (κ2) is 4.30. The first-order valence-electron chi connectivity index (χ1n) is 7.00. The van der Waals surface area contributed by atoms with E-state index in [-0.39, 0.29) is 5.54 Å². The van der Waals surface area contributed by atoms with Crippen LogP contribution in [0.2, 0.25) is 0 Å². The van der Waals surface area contributed by atoms with Gasteiger partial charge in [0.2, 0.25) is 0 Å². The van der Waals surface area contributed by atoms with Crippen molar-refractivity contribution in [3.05, 3.63) is 0 Å². The van der Waals surface area contributed by atoms with Crippen LogP contribution in [0.5, 0.6) is 0 Å². The Bertz CT molecular complexity index is 247. The smallest absolute Gasteiger partial charge is 0.0359 e. The molecule has 0 bridgehead atoms. The number of hydrogen-bond donors (Lipinski definition) is 1. The molecule has 16 heavy (non-hydrogen) atoms. The lowest BCUT2D eigenvalue weighted by Crippen LogP contribution is -2.59. The van der Waals surface area contributed by atoms with E-state index in [9.17, 15) is 0 Å². The lowest BCUT2D eigenvalue weighted by atomic mass is 9.81. The standard InChI is InChI=1S/C14H28N2/c1-12-7-5-4-6-10-16(12)14(3,11-15)13(2)8-9-13/h12H,4-11,15H2,1-3H3. The van der Waals surface area contributed by atoms with E-state index in [0.717, 1.165) is 6.54 Å². The SMILES string of the molecule is CC1CCCCCN1C(C)(CN)C1(C)CC1. The van der Waals surface area contributed by atoms with Crippen LogP contribution in [0.25, 0.3) is 0 Å². The van der Waals surface area contributed by atoms with Crippen molar-refractivity contribution in [1.82, 2.24) is 4.90 Å². The number of nitrogens with zero attached hydrogens (tertiary/aromatic N) is 1. The third-order valence-electron chi connectivity index (χ3n) is 5.38. The predicted octanol–water partition coefficient (Wildman–Crippen LogP) is 2.77. The van der Waals surface area contributed by atoms with Crippen LogP contribution in [0.15, 0.2) is 0 Å². The average molecular weight is 224 g/mol. The van der Waals surface area contributed by atoms with Crippen LogP contribution in [0.4, 0.5) is 0 Å². The minimum absolute atomic E-state index is 0.233. The van der Waals surface area contributed by atoms with E-state index in [1.807, 2.05) is 0 Å². The van der Waals surface area contributed by atoms with E-state index in [1.165, 1.54) is 45.1 Å². The summed E-state index contributed by atoms with van der Waals surface area (Å²) in [7, 11) is 0. The first-order chi connectivity index (χ1) is 7.53. The maximum Gasteiger partial charge on any atom is 0.0359 e. The van der Waals surface area contributed by atoms with E-state index < -0.39 is 0 Å². The molecule has 0 aromatic rings. The fraction of sp³-hybridized carbons (Fsp3) is 1.00. The fourth-order valence-corrected chi connectivity index (χ4v) is 3.44. The second-order valence-corrected chi connectivity index (χ2v) is 6.43. The molecular weight excluding hydrogens is 196 g/mol.